The monoisotopic (exact) mass is 200 g/mol. The van der Waals surface area contributed by atoms with Crippen LogP contribution < -0.4 is 0 Å². The van der Waals surface area contributed by atoms with Crippen LogP contribution in [-0.2, 0) is 17.3 Å². The van der Waals surface area contributed by atoms with Crippen molar-refractivity contribution in [2.24, 2.45) is 0 Å². The normalized spacial score (nSPS) is 8.78. The zero-order valence-electron chi connectivity index (χ0n) is 6.65. The molecule has 0 heterocycles. The summed E-state index contributed by atoms with van der Waals surface area (Å²) < 4.78 is 0. The van der Waals surface area contributed by atoms with Crippen LogP contribution in [0.3, 0.4) is 0 Å². The van der Waals surface area contributed by atoms with Gasteiger partial charge >= 0.3 is 27.0 Å². The number of halogens is 1. The summed E-state index contributed by atoms with van der Waals surface area (Å²) >= 11 is 0.847. The molecule has 0 aliphatic heterocycles. The van der Waals surface area contributed by atoms with E-state index < -0.39 is 0 Å². The Labute approximate surface area is 72.5 Å². The molecule has 0 bridgehead atoms. The number of hydrogen-bond donors (Lipinski definition) is 0. The molecule has 0 saturated heterocycles. The first-order valence-electron chi connectivity index (χ1n) is 3.34. The Morgan fingerprint density at radius 1 is 1.00 bits per heavy atom. The van der Waals surface area contributed by atoms with Crippen molar-refractivity contribution in [1.29, 1.82) is 0 Å². The summed E-state index contributed by atoms with van der Waals surface area (Å²) in [4.78, 5) is 2.38. The van der Waals surface area contributed by atoms with Gasteiger partial charge in [0.2, 0.25) is 0 Å². The molecule has 53 valence electrons. The summed E-state index contributed by atoms with van der Waals surface area (Å²) in [6.07, 6.45) is 0. The molecule has 0 saturated carbocycles. The molecule has 3 heteroatoms. The minimum absolute atomic E-state index is 0.847. The van der Waals surface area contributed by atoms with Crippen LogP contribution in [0.25, 0.3) is 0 Å². The molecule has 0 aromatic heterocycles. The zero-order valence-corrected chi connectivity index (χ0v) is 10.4. The molecular weight excluding hydrogens is 187 g/mol. The van der Waals surface area contributed by atoms with Crippen molar-refractivity contribution in [3.05, 3.63) is 0 Å². The molecule has 0 N–H and O–H groups in total. The van der Waals surface area contributed by atoms with Crippen molar-refractivity contribution >= 4 is 9.69 Å². The Morgan fingerprint density at radius 3 is 1.22 bits per heavy atom. The van der Waals surface area contributed by atoms with Crippen molar-refractivity contribution in [2.45, 2.75) is 20.8 Å². The molecule has 0 fully saturated rings. The van der Waals surface area contributed by atoms with E-state index in [-0.39, 0.29) is 0 Å². The molecule has 0 unspecified atom stereocenters. The van der Waals surface area contributed by atoms with Gasteiger partial charge in [-0.15, -0.1) is 0 Å². The summed E-state index contributed by atoms with van der Waals surface area (Å²) in [5, 5.41) is 0. The van der Waals surface area contributed by atoms with E-state index in [1.807, 2.05) is 0 Å². The van der Waals surface area contributed by atoms with Crippen molar-refractivity contribution < 1.29 is 17.3 Å². The quantitative estimate of drug-likeness (QED) is 0.633. The predicted octanol–water partition coefficient (Wildman–Crippen LogP) is 2.04. The first-order chi connectivity index (χ1) is 4.35. The van der Waals surface area contributed by atoms with Crippen LogP contribution in [0.15, 0.2) is 0 Å². The van der Waals surface area contributed by atoms with E-state index in [0.717, 1.165) is 17.3 Å². The fraction of sp³-hybridized carbons (Fsp3) is 1.00. The van der Waals surface area contributed by atoms with Gasteiger partial charge in [0.05, 0.1) is 0 Å². The number of hydrogen-bond acceptors (Lipinski definition) is 1. The molecule has 0 aliphatic rings. The van der Waals surface area contributed by atoms with Crippen LogP contribution in [0.2, 0.25) is 0 Å². The average Bonchev–Trinajstić information content (AvgIpc) is 1.96. The van der Waals surface area contributed by atoms with Gasteiger partial charge in [0, 0.05) is 0 Å². The second-order valence-electron chi connectivity index (χ2n) is 1.62. The topological polar surface area (TPSA) is 3.24 Å². The van der Waals surface area contributed by atoms with Gasteiger partial charge in [0.15, 0.2) is 0 Å². The third-order valence-corrected chi connectivity index (χ3v) is 1.34. The van der Waals surface area contributed by atoms with Gasteiger partial charge in [0.25, 0.3) is 0 Å². The van der Waals surface area contributed by atoms with Gasteiger partial charge < -0.3 is 4.90 Å². The third-order valence-electron chi connectivity index (χ3n) is 1.34. The van der Waals surface area contributed by atoms with Crippen LogP contribution in [0.1, 0.15) is 20.8 Å². The van der Waals surface area contributed by atoms with Crippen molar-refractivity contribution in [3.8, 4) is 0 Å². The number of rotatable bonds is 3. The van der Waals surface area contributed by atoms with Crippen LogP contribution >= 0.6 is 9.69 Å². The van der Waals surface area contributed by atoms with Gasteiger partial charge in [-0.25, -0.2) is 0 Å². The Kier molecular flexibility index (Phi) is 16.2. The first-order valence-corrected chi connectivity index (χ1v) is 7.24. The molecule has 0 rings (SSSR count). The molecule has 0 aromatic rings. The van der Waals surface area contributed by atoms with Crippen molar-refractivity contribution in [1.82, 2.24) is 4.90 Å². The molecule has 9 heavy (non-hydrogen) atoms. The van der Waals surface area contributed by atoms with E-state index in [4.69, 9.17) is 9.69 Å². The Morgan fingerprint density at radius 2 is 1.22 bits per heavy atom. The maximum atomic E-state index is 4.76. The second-order valence-corrected chi connectivity index (χ2v) is 1.62. The van der Waals surface area contributed by atoms with Gasteiger partial charge in [0.1, 0.15) is 0 Å². The average molecular weight is 202 g/mol. The first kappa shape index (κ1) is 12.5. The molecule has 0 spiro atoms. The summed E-state index contributed by atoms with van der Waals surface area (Å²) in [6.45, 7) is 10.1. The van der Waals surface area contributed by atoms with E-state index in [0.29, 0.717) is 0 Å². The SMILES string of the molecule is CCN(CC)CC.[Cl][Zn]. The van der Waals surface area contributed by atoms with Crippen LogP contribution in [-0.4, -0.2) is 24.5 Å². The van der Waals surface area contributed by atoms with E-state index in [9.17, 15) is 0 Å². The fourth-order valence-electron chi connectivity index (χ4n) is 0.671. The maximum absolute atomic E-state index is 4.76. The molecule has 1 nitrogen and oxygen atoms in total. The van der Waals surface area contributed by atoms with Gasteiger partial charge in [-0.3, -0.25) is 0 Å². The Hall–Kier alpha value is 0.873. The van der Waals surface area contributed by atoms with E-state index in [2.05, 4.69) is 25.7 Å². The number of nitrogens with zero attached hydrogens (tertiary/aromatic N) is 1. The predicted molar refractivity (Wildman–Crippen MR) is 39.3 cm³/mol. The van der Waals surface area contributed by atoms with Crippen molar-refractivity contribution in [2.75, 3.05) is 19.6 Å². The van der Waals surface area contributed by atoms with Crippen LogP contribution in [0.5, 0.6) is 0 Å². The second kappa shape index (κ2) is 11.6. The zero-order chi connectivity index (χ0) is 7.70. The molecule has 0 aromatic carbocycles. The van der Waals surface area contributed by atoms with Gasteiger partial charge in [-0.1, -0.05) is 20.8 Å². The molecule has 0 amide bonds. The molecule has 0 aliphatic carbocycles. The van der Waals surface area contributed by atoms with Crippen LogP contribution in [0.4, 0.5) is 0 Å². The standard InChI is InChI=1S/C6H15N.ClH.Zn/c1-4-7(5-2)6-3;;/h4-6H2,1-3H3;1H;/q;;+1/p-1. The summed E-state index contributed by atoms with van der Waals surface area (Å²) in [5.74, 6) is 0. The minimum atomic E-state index is 0.847. The van der Waals surface area contributed by atoms with E-state index in [1.54, 1.807) is 0 Å². The van der Waals surface area contributed by atoms with Gasteiger partial charge in [-0.05, 0) is 19.6 Å². The Balaban J connectivity index is 0. The summed E-state index contributed by atoms with van der Waals surface area (Å²) in [7, 11) is 4.76. The molecular formula is C6H15ClNZn. The summed E-state index contributed by atoms with van der Waals surface area (Å²) in [6, 6.07) is 0. The molecule has 0 atom stereocenters. The van der Waals surface area contributed by atoms with Crippen molar-refractivity contribution in [3.63, 3.8) is 0 Å². The third kappa shape index (κ3) is 8.87. The van der Waals surface area contributed by atoms with E-state index >= 15 is 0 Å². The fourth-order valence-corrected chi connectivity index (χ4v) is 0.671. The summed E-state index contributed by atoms with van der Waals surface area (Å²) in [5.41, 5.74) is 0. The van der Waals surface area contributed by atoms with Crippen LogP contribution in [0, 0.1) is 0 Å². The van der Waals surface area contributed by atoms with Gasteiger partial charge in [-0.2, -0.15) is 0 Å². The molecule has 0 radical (unpaired) electrons. The Bertz CT molecular complexity index is 34.5. The van der Waals surface area contributed by atoms with E-state index in [1.165, 1.54) is 19.6 Å².